The average Bonchev–Trinajstić information content (AvgIpc) is 4.44. The highest BCUT2D eigenvalue weighted by Gasteiger charge is 2.21. The van der Waals surface area contributed by atoms with Crippen molar-refractivity contribution in [2.45, 2.75) is 93.4 Å². The number of halogens is 12. The van der Waals surface area contributed by atoms with Gasteiger partial charge in [-0.15, -0.1) is 6.58 Å². The fourth-order valence-corrected chi connectivity index (χ4v) is 8.08. The maximum Gasteiger partial charge on any atom is 0.310 e. The van der Waals surface area contributed by atoms with Crippen LogP contribution in [0.15, 0.2) is 147 Å². The van der Waals surface area contributed by atoms with Crippen LogP contribution in [0.2, 0.25) is 5.02 Å². The first-order valence-corrected chi connectivity index (χ1v) is 27.4. The first-order valence-electron chi connectivity index (χ1n) is 24.6. The van der Waals surface area contributed by atoms with E-state index in [4.69, 9.17) is 40.9 Å². The number of allylic oxidation sites excluding steroid dienone is 5. The Balaban J connectivity index is 0.000000551. The number of aromatic hydroxyl groups is 1. The van der Waals surface area contributed by atoms with Gasteiger partial charge in [-0.25, -0.2) is 35.1 Å². The molecule has 0 atom stereocenters. The number of alkyl halides is 6. The molecule has 0 saturated heterocycles. The lowest BCUT2D eigenvalue weighted by atomic mass is 10.1. The van der Waals surface area contributed by atoms with E-state index in [-0.39, 0.29) is 89.3 Å². The fourth-order valence-electron chi connectivity index (χ4n) is 6.28. The molecule has 9 nitrogen and oxygen atoms in total. The molecule has 83 heavy (non-hydrogen) atoms. The van der Waals surface area contributed by atoms with Crippen LogP contribution in [0.25, 0.3) is 0 Å². The van der Waals surface area contributed by atoms with E-state index in [9.17, 15) is 49.5 Å². The molecule has 7 rings (SSSR count). The van der Waals surface area contributed by atoms with Crippen molar-refractivity contribution in [3.8, 4) is 34.8 Å². The number of hydrogen-bond acceptors (Lipinski definition) is 9. The Morgan fingerprint density at radius 1 is 0.687 bits per heavy atom. The summed E-state index contributed by atoms with van der Waals surface area (Å²) in [5.74, 6) is -3.62. The molecule has 0 bridgehead atoms. The molecule has 0 fully saturated rings. The van der Waals surface area contributed by atoms with Crippen molar-refractivity contribution in [1.82, 2.24) is 0 Å². The van der Waals surface area contributed by atoms with Gasteiger partial charge in [0, 0.05) is 46.8 Å². The second kappa shape index (κ2) is 39.6. The molecule has 0 spiro atoms. The third-order valence-electron chi connectivity index (χ3n) is 9.98. The van der Waals surface area contributed by atoms with Crippen LogP contribution in [0.4, 0.5) is 35.1 Å². The van der Waals surface area contributed by atoms with Crippen LogP contribution >= 0.6 is 59.4 Å². The second-order valence-electron chi connectivity index (χ2n) is 16.8. The molecular weight excluding hydrogens is 1310 g/mol. The number of aryl methyl sites for hydroxylation is 2. The minimum atomic E-state index is -2.83. The summed E-state index contributed by atoms with van der Waals surface area (Å²) in [6.45, 7) is 12.9. The second-order valence-corrected chi connectivity index (χ2v) is 19.9. The van der Waals surface area contributed by atoms with Crippen molar-refractivity contribution >= 4 is 77.6 Å². The van der Waals surface area contributed by atoms with Crippen molar-refractivity contribution in [3.63, 3.8) is 0 Å². The van der Waals surface area contributed by atoms with Crippen molar-refractivity contribution in [2.75, 3.05) is 13.2 Å². The van der Waals surface area contributed by atoms with Crippen LogP contribution < -0.4 is 9.47 Å². The Labute approximate surface area is 509 Å². The smallest absolute Gasteiger partial charge is 0.310 e. The highest BCUT2D eigenvalue weighted by molar-refractivity contribution is 9.11. The molecule has 0 aliphatic heterocycles. The summed E-state index contributed by atoms with van der Waals surface area (Å²) >= 11 is 15.3. The number of aldehydes is 1. The van der Waals surface area contributed by atoms with Gasteiger partial charge in [0.2, 0.25) is 0 Å². The van der Waals surface area contributed by atoms with E-state index < -0.39 is 54.2 Å². The third-order valence-corrected chi connectivity index (χ3v) is 11.6. The summed E-state index contributed by atoms with van der Waals surface area (Å²) in [5, 5.41) is 17.7. The Morgan fingerprint density at radius 2 is 1.17 bits per heavy atom. The van der Waals surface area contributed by atoms with Crippen molar-refractivity contribution in [3.05, 3.63) is 214 Å². The van der Waals surface area contributed by atoms with E-state index in [1.165, 1.54) is 55.0 Å². The van der Waals surface area contributed by atoms with Gasteiger partial charge in [-0.3, -0.25) is 14.4 Å². The number of phenols is 1. The van der Waals surface area contributed by atoms with E-state index in [1.807, 2.05) is 25.1 Å². The standard InChI is InChI=1S/C18H16BrF3O3.C18H13ClF3NO3.C8H7BrO.C7H5BrF2O.C7H12.C3H4.CH4/c1-3-24-15(23)8-11-5-4-10(2)17(16(11)20)25-14-7-12(18(21)22)6-13(19)9-14;1-2-25-15(24)8-11-3-4-14(19)17(16(11)20)26-13-6-10(9-23)5-12(7-13)18(21)22;1-6-2-7(5-10)4-8(9)3-6;8-5-1-4(7(9)10)2-6(11)3-5;1-3-5-7-6-4-2;1-2-3-1;/h4-7,9,18H,3,8H2,1-2H3;3-7,18H,2,8H2,1H3;2-5H,1H3;1-3,7,11H;3,6-7H,1,4-5H2,2H3;1-2H,3H2;1H4. The molecule has 1 aliphatic rings. The van der Waals surface area contributed by atoms with Crippen LogP contribution in [0.3, 0.4) is 0 Å². The zero-order valence-electron chi connectivity index (χ0n) is 44.9. The van der Waals surface area contributed by atoms with Crippen LogP contribution in [-0.2, 0) is 31.9 Å². The number of hydrogen-bond donors (Lipinski definition) is 1. The summed E-state index contributed by atoms with van der Waals surface area (Å²) in [4.78, 5) is 33.4. The van der Waals surface area contributed by atoms with Crippen molar-refractivity contribution < 1.29 is 73.6 Å². The Kier molecular flexibility index (Phi) is 35.5. The quantitative estimate of drug-likeness (QED) is 0.0410. The highest BCUT2D eigenvalue weighted by atomic mass is 79.9. The van der Waals surface area contributed by atoms with E-state index in [0.29, 0.717) is 20.1 Å². The van der Waals surface area contributed by atoms with Crippen LogP contribution in [0, 0.1) is 36.8 Å². The van der Waals surface area contributed by atoms with E-state index >= 15 is 0 Å². The SMILES string of the molecule is C.C1=CC1.C=CCC=CCC.CCOC(=O)Cc1ccc(C)c(Oc2cc(Br)cc(C(F)F)c2)c1F.CCOC(=O)Cc1ccc(Cl)c(Oc2cc(C#N)cc(C(F)F)c2)c1F.Cc1cc(Br)cc(C=O)c1.Oc1cc(Br)cc(C(F)F)c1. The number of carbonyl (C=O) groups excluding carboxylic acids is 3. The molecule has 446 valence electrons. The molecule has 6 aromatic rings. The maximum atomic E-state index is 14.7. The van der Waals surface area contributed by atoms with E-state index in [1.54, 1.807) is 39.0 Å². The van der Waals surface area contributed by atoms with Gasteiger partial charge in [-0.1, -0.05) is 122 Å². The van der Waals surface area contributed by atoms with Gasteiger partial charge in [0.15, 0.2) is 23.1 Å². The summed E-state index contributed by atoms with van der Waals surface area (Å²) in [7, 11) is 0. The number of nitrogens with zero attached hydrogens (tertiary/aromatic N) is 1. The lowest BCUT2D eigenvalue weighted by Crippen LogP contribution is -2.09. The summed E-state index contributed by atoms with van der Waals surface area (Å²) in [5.41, 5.74) is 1.43. The summed E-state index contributed by atoms with van der Waals surface area (Å²) in [6, 6.07) is 23.7. The van der Waals surface area contributed by atoms with Crippen LogP contribution in [-0.4, -0.2) is 36.5 Å². The Bertz CT molecular complexity index is 3130. The molecule has 6 aromatic carbocycles. The van der Waals surface area contributed by atoms with E-state index in [0.717, 1.165) is 53.4 Å². The molecule has 0 radical (unpaired) electrons. The number of esters is 2. The number of carbonyl (C=O) groups is 3. The molecular formula is C62H61Br3ClF8NO8. The normalized spacial score (nSPS) is 10.6. The number of phenolic OH excluding ortho intramolecular Hbond substituents is 1. The zero-order chi connectivity index (χ0) is 61.5. The van der Waals surface area contributed by atoms with Gasteiger partial charge < -0.3 is 24.1 Å². The monoisotopic (exact) mass is 1370 g/mol. The average molecular weight is 1380 g/mol. The topological polar surface area (TPSA) is 132 Å². The molecule has 0 saturated carbocycles. The van der Waals surface area contributed by atoms with Gasteiger partial charge in [-0.05, 0) is 137 Å². The predicted molar refractivity (Wildman–Crippen MR) is 318 cm³/mol. The molecule has 1 N–H and O–H groups in total. The van der Waals surface area contributed by atoms with Gasteiger partial charge in [-0.2, -0.15) is 5.26 Å². The van der Waals surface area contributed by atoms with Gasteiger partial charge in [0.25, 0.3) is 19.3 Å². The molecule has 0 heterocycles. The van der Waals surface area contributed by atoms with Gasteiger partial charge in [0.05, 0.1) is 42.7 Å². The highest BCUT2D eigenvalue weighted by Crippen LogP contribution is 2.37. The Morgan fingerprint density at radius 3 is 1.64 bits per heavy atom. The van der Waals surface area contributed by atoms with Crippen molar-refractivity contribution in [2.24, 2.45) is 0 Å². The predicted octanol–water partition coefficient (Wildman–Crippen LogP) is 20.7. The minimum absolute atomic E-state index is 0. The lowest BCUT2D eigenvalue weighted by Gasteiger charge is -2.14. The summed E-state index contributed by atoms with van der Waals surface area (Å²) in [6.07, 6.45) is 6.01. The molecule has 0 aromatic heterocycles. The lowest BCUT2D eigenvalue weighted by molar-refractivity contribution is -0.143. The first-order chi connectivity index (χ1) is 38.9. The molecule has 21 heteroatoms. The number of benzene rings is 6. The van der Waals surface area contributed by atoms with Crippen LogP contribution in [0.1, 0.15) is 122 Å². The van der Waals surface area contributed by atoms with Gasteiger partial charge >= 0.3 is 11.9 Å². The van der Waals surface area contributed by atoms with Crippen molar-refractivity contribution in [1.29, 1.82) is 5.26 Å². The molecule has 0 unspecified atom stereocenters. The van der Waals surface area contributed by atoms with Crippen LogP contribution in [0.5, 0.6) is 28.7 Å². The largest absolute Gasteiger partial charge is 0.508 e. The first kappa shape index (κ1) is 74.2. The maximum absolute atomic E-state index is 14.7. The minimum Gasteiger partial charge on any atom is -0.508 e. The molecule has 1 aliphatic carbocycles. The zero-order valence-corrected chi connectivity index (χ0v) is 50.4. The summed E-state index contributed by atoms with van der Waals surface area (Å²) < 4.78 is 127. The number of nitriles is 1. The number of rotatable bonds is 17. The number of ether oxygens (including phenoxy) is 4. The fraction of sp³-hybridized carbons (Fsp3) is 0.258. The van der Waals surface area contributed by atoms with E-state index in [2.05, 4.69) is 85.6 Å². The third kappa shape index (κ3) is 28.8. The molecule has 0 amide bonds. The Hall–Kier alpha value is -6.79. The van der Waals surface area contributed by atoms with Gasteiger partial charge in [0.1, 0.15) is 23.5 Å².